The predicted octanol–water partition coefficient (Wildman–Crippen LogP) is 5.63. The molecule has 1 rings (SSSR count). The largest absolute Gasteiger partial charge is 0.488 e. The number of aliphatic hydroxyl groups excluding tert-OH is 1. The van der Waals surface area contributed by atoms with Crippen LogP contribution in [0, 0.1) is 0 Å². The zero-order chi connectivity index (χ0) is 17.0. The van der Waals surface area contributed by atoms with Crippen LogP contribution < -0.4 is 4.74 Å². The van der Waals surface area contributed by atoms with Crippen molar-refractivity contribution in [1.29, 1.82) is 0 Å². The molecule has 1 unspecified atom stereocenters. The molecule has 0 aliphatic heterocycles. The van der Waals surface area contributed by atoms with Crippen molar-refractivity contribution >= 4 is 12.4 Å². The number of ether oxygens (including phenoxy) is 1. The van der Waals surface area contributed by atoms with Crippen LogP contribution >= 0.6 is 12.4 Å². The van der Waals surface area contributed by atoms with Crippen LogP contribution in [0.2, 0.25) is 0 Å². The maximum absolute atomic E-state index is 9.44. The predicted molar refractivity (Wildman–Crippen MR) is 102 cm³/mol. The molecule has 3 heteroatoms. The molecule has 0 amide bonds. The zero-order valence-corrected chi connectivity index (χ0v) is 16.7. The fraction of sp³-hybridized carbons (Fsp3) is 0.700. The summed E-state index contributed by atoms with van der Waals surface area (Å²) < 4.78 is 6.08. The van der Waals surface area contributed by atoms with Crippen LogP contribution in [0.15, 0.2) is 18.2 Å². The average Bonchev–Trinajstić information content (AvgIpc) is 2.52. The summed E-state index contributed by atoms with van der Waals surface area (Å²) >= 11 is 0. The number of hydrogen-bond acceptors (Lipinski definition) is 2. The number of rotatable bonds is 8. The monoisotopic (exact) mass is 342 g/mol. The van der Waals surface area contributed by atoms with E-state index in [1.807, 2.05) is 6.92 Å². The summed E-state index contributed by atoms with van der Waals surface area (Å²) in [6.45, 7) is 15.6. The molecule has 0 saturated carbocycles. The van der Waals surface area contributed by atoms with E-state index in [2.05, 4.69) is 59.7 Å². The second kappa shape index (κ2) is 8.94. The van der Waals surface area contributed by atoms with Gasteiger partial charge in [0.05, 0.1) is 6.61 Å². The Hall–Kier alpha value is -0.730. The molecule has 0 aliphatic rings. The van der Waals surface area contributed by atoms with Gasteiger partial charge in [0, 0.05) is 5.56 Å². The highest BCUT2D eigenvalue weighted by Gasteiger charge is 2.27. The van der Waals surface area contributed by atoms with E-state index in [1.54, 1.807) is 0 Å². The number of aliphatic hydroxyl groups is 1. The van der Waals surface area contributed by atoms with Gasteiger partial charge in [0.25, 0.3) is 0 Å². The third-order valence-electron chi connectivity index (χ3n) is 5.21. The summed E-state index contributed by atoms with van der Waals surface area (Å²) in [5.74, 6) is 0.920. The lowest BCUT2D eigenvalue weighted by atomic mass is 9.76. The van der Waals surface area contributed by atoms with E-state index in [9.17, 15) is 5.11 Å². The van der Waals surface area contributed by atoms with Gasteiger partial charge in [0.15, 0.2) is 0 Å². The van der Waals surface area contributed by atoms with E-state index in [-0.39, 0.29) is 35.9 Å². The Morgan fingerprint density at radius 3 is 2.00 bits per heavy atom. The average molecular weight is 343 g/mol. The minimum absolute atomic E-state index is 0. The second-order valence-electron chi connectivity index (χ2n) is 7.52. The van der Waals surface area contributed by atoms with Gasteiger partial charge in [0.2, 0.25) is 0 Å². The van der Waals surface area contributed by atoms with Crippen molar-refractivity contribution in [1.82, 2.24) is 0 Å². The van der Waals surface area contributed by atoms with Gasteiger partial charge < -0.3 is 9.84 Å². The molecule has 0 bridgehead atoms. The van der Waals surface area contributed by atoms with Crippen LogP contribution in [0.5, 0.6) is 5.75 Å². The van der Waals surface area contributed by atoms with Crippen molar-refractivity contribution in [3.63, 3.8) is 0 Å². The maximum atomic E-state index is 9.44. The number of halogens is 1. The highest BCUT2D eigenvalue weighted by atomic mass is 35.5. The number of benzene rings is 1. The van der Waals surface area contributed by atoms with Crippen LogP contribution in [0.4, 0.5) is 0 Å². The molecule has 0 aromatic heterocycles. The summed E-state index contributed by atoms with van der Waals surface area (Å²) in [5.41, 5.74) is 2.83. The lowest BCUT2D eigenvalue weighted by molar-refractivity contribution is 0.110. The van der Waals surface area contributed by atoms with Crippen molar-refractivity contribution in [3.05, 3.63) is 29.3 Å². The quantitative estimate of drug-likeness (QED) is 0.663. The highest BCUT2D eigenvalue weighted by Crippen LogP contribution is 2.38. The van der Waals surface area contributed by atoms with Crippen LogP contribution in [0.25, 0.3) is 0 Å². The minimum Gasteiger partial charge on any atom is -0.488 e. The fourth-order valence-electron chi connectivity index (χ4n) is 2.41. The van der Waals surface area contributed by atoms with Gasteiger partial charge in [-0.05, 0) is 41.7 Å². The van der Waals surface area contributed by atoms with E-state index in [0.29, 0.717) is 0 Å². The summed E-state index contributed by atoms with van der Waals surface area (Å²) in [6, 6.07) is 6.59. The van der Waals surface area contributed by atoms with Crippen molar-refractivity contribution < 1.29 is 9.84 Å². The van der Waals surface area contributed by atoms with Gasteiger partial charge in [-0.3, -0.25) is 0 Å². The molecule has 23 heavy (non-hydrogen) atoms. The second-order valence-corrected chi connectivity index (χ2v) is 7.52. The molecule has 0 spiro atoms. The Balaban J connectivity index is 0.00000484. The molecule has 1 atom stereocenters. The summed E-state index contributed by atoms with van der Waals surface area (Å²) in [4.78, 5) is 0. The molecule has 1 aromatic rings. The van der Waals surface area contributed by atoms with E-state index in [0.717, 1.165) is 25.0 Å². The van der Waals surface area contributed by atoms with Gasteiger partial charge >= 0.3 is 0 Å². The first-order valence-electron chi connectivity index (χ1n) is 8.64. The van der Waals surface area contributed by atoms with Crippen LogP contribution in [0.3, 0.4) is 0 Å². The smallest absolute Gasteiger partial charge is 0.123 e. The van der Waals surface area contributed by atoms with E-state index >= 15 is 0 Å². The molecule has 0 aliphatic carbocycles. The Morgan fingerprint density at radius 1 is 1.00 bits per heavy atom. The lowest BCUT2D eigenvalue weighted by Crippen LogP contribution is -2.25. The van der Waals surface area contributed by atoms with Crippen LogP contribution in [-0.4, -0.2) is 17.8 Å². The molecule has 0 heterocycles. The van der Waals surface area contributed by atoms with E-state index in [4.69, 9.17) is 4.74 Å². The Bertz CT molecular complexity index is 477. The van der Waals surface area contributed by atoms with E-state index in [1.165, 1.54) is 11.1 Å². The van der Waals surface area contributed by atoms with Crippen molar-refractivity contribution in [3.8, 4) is 5.75 Å². The Morgan fingerprint density at radius 2 is 1.57 bits per heavy atom. The van der Waals surface area contributed by atoms with Gasteiger partial charge in [-0.25, -0.2) is 0 Å². The van der Waals surface area contributed by atoms with Gasteiger partial charge in [-0.2, -0.15) is 0 Å². The fourth-order valence-corrected chi connectivity index (χ4v) is 2.41. The Labute approximate surface area is 149 Å². The highest BCUT2D eigenvalue weighted by molar-refractivity contribution is 5.85. The molecule has 2 nitrogen and oxygen atoms in total. The van der Waals surface area contributed by atoms with Crippen molar-refractivity contribution in [2.24, 2.45) is 0 Å². The van der Waals surface area contributed by atoms with Gasteiger partial charge in [-0.15, -0.1) is 12.4 Å². The third-order valence-corrected chi connectivity index (χ3v) is 5.21. The van der Waals surface area contributed by atoms with Crippen molar-refractivity contribution in [2.45, 2.75) is 84.7 Å². The first kappa shape index (κ1) is 22.3. The topological polar surface area (TPSA) is 29.5 Å². The number of hydrogen-bond donors (Lipinski definition) is 1. The maximum Gasteiger partial charge on any atom is 0.123 e. The standard InChI is InChI=1S/C20H34O2.ClH/c1-8-16(14-21)22-18-12-11-15(19(4,5)9-2)13-17(18)20(6,7)10-3;/h11-13,16,21H,8-10,14H2,1-7H3;1H. The van der Waals surface area contributed by atoms with E-state index < -0.39 is 0 Å². The molecule has 134 valence electrons. The molecule has 0 radical (unpaired) electrons. The first-order chi connectivity index (χ1) is 10.2. The molecule has 1 aromatic carbocycles. The van der Waals surface area contributed by atoms with Gasteiger partial charge in [0.1, 0.15) is 11.9 Å². The SMILES string of the molecule is CCC(CO)Oc1ccc(C(C)(C)CC)cc1C(C)(C)CC.Cl. The normalized spacial score (nSPS) is 13.4. The molecule has 0 fully saturated rings. The molecular weight excluding hydrogens is 308 g/mol. The first-order valence-corrected chi connectivity index (χ1v) is 8.64. The minimum atomic E-state index is -0.128. The summed E-state index contributed by atoms with van der Waals surface area (Å²) in [7, 11) is 0. The van der Waals surface area contributed by atoms with Crippen LogP contribution in [0.1, 0.15) is 78.9 Å². The molecular formula is C20H35ClO2. The summed E-state index contributed by atoms with van der Waals surface area (Å²) in [5, 5.41) is 9.44. The van der Waals surface area contributed by atoms with Crippen molar-refractivity contribution in [2.75, 3.05) is 6.61 Å². The van der Waals surface area contributed by atoms with Gasteiger partial charge in [-0.1, -0.05) is 60.6 Å². The summed E-state index contributed by atoms with van der Waals surface area (Å²) in [6.07, 6.45) is 2.84. The lowest BCUT2D eigenvalue weighted by Gasteiger charge is -2.31. The zero-order valence-electron chi connectivity index (χ0n) is 15.9. The molecule has 1 N–H and O–H groups in total. The van der Waals surface area contributed by atoms with Crippen LogP contribution in [-0.2, 0) is 10.8 Å². The molecule has 0 saturated heterocycles. The Kier molecular flexibility index (Phi) is 8.65. The third kappa shape index (κ3) is 5.39.